The second-order valence-corrected chi connectivity index (χ2v) is 5.53. The average molecular weight is 290 g/mol. The molecule has 1 amide bonds. The van der Waals surface area contributed by atoms with E-state index in [0.29, 0.717) is 19.1 Å². The Hall–Kier alpha value is -1.55. The summed E-state index contributed by atoms with van der Waals surface area (Å²) in [7, 11) is 1.64. The molecule has 1 atom stereocenters. The molecule has 0 saturated heterocycles. The number of hydrogen-bond donors (Lipinski definition) is 2. The fraction of sp³-hybridized carbons (Fsp3) is 0.588. The van der Waals surface area contributed by atoms with Gasteiger partial charge in [0.1, 0.15) is 5.75 Å². The zero-order chi connectivity index (χ0) is 15.1. The van der Waals surface area contributed by atoms with Crippen molar-refractivity contribution in [1.82, 2.24) is 10.6 Å². The van der Waals surface area contributed by atoms with Crippen molar-refractivity contribution in [2.75, 3.05) is 20.2 Å². The molecule has 2 N–H and O–H groups in total. The summed E-state index contributed by atoms with van der Waals surface area (Å²) in [6.45, 7) is 3.69. The van der Waals surface area contributed by atoms with Gasteiger partial charge in [-0.2, -0.15) is 0 Å². The zero-order valence-electron chi connectivity index (χ0n) is 13.1. The van der Waals surface area contributed by atoms with Crippen molar-refractivity contribution >= 4 is 5.91 Å². The van der Waals surface area contributed by atoms with Gasteiger partial charge in [0.25, 0.3) is 0 Å². The van der Waals surface area contributed by atoms with Crippen LogP contribution in [0.15, 0.2) is 18.2 Å². The summed E-state index contributed by atoms with van der Waals surface area (Å²) in [4.78, 5) is 11.2. The minimum atomic E-state index is 0.0109. The van der Waals surface area contributed by atoms with Gasteiger partial charge >= 0.3 is 0 Å². The van der Waals surface area contributed by atoms with Crippen molar-refractivity contribution in [2.45, 2.75) is 45.1 Å². The maximum absolute atomic E-state index is 11.2. The molecular formula is C17H26N2O2. The van der Waals surface area contributed by atoms with Crippen molar-refractivity contribution in [3.8, 4) is 5.75 Å². The lowest BCUT2D eigenvalue weighted by Gasteiger charge is -2.27. The van der Waals surface area contributed by atoms with E-state index in [1.165, 1.54) is 24.0 Å². The second-order valence-electron chi connectivity index (χ2n) is 5.53. The number of carbonyl (C=O) groups excluding carboxylic acids is 1. The molecule has 1 aromatic rings. The van der Waals surface area contributed by atoms with E-state index in [2.05, 4.69) is 29.7 Å². The molecule has 4 heteroatoms. The lowest BCUT2D eigenvalue weighted by molar-refractivity contribution is -0.121. The van der Waals surface area contributed by atoms with E-state index < -0.39 is 0 Å². The van der Waals surface area contributed by atoms with Crippen LogP contribution in [-0.2, 0) is 11.2 Å². The van der Waals surface area contributed by atoms with Crippen LogP contribution in [0.25, 0.3) is 0 Å². The maximum Gasteiger partial charge on any atom is 0.223 e. The van der Waals surface area contributed by atoms with Gasteiger partial charge in [-0.25, -0.2) is 0 Å². The average Bonchev–Trinajstić information content (AvgIpc) is 2.52. The highest BCUT2D eigenvalue weighted by atomic mass is 16.5. The van der Waals surface area contributed by atoms with Gasteiger partial charge in [0.2, 0.25) is 5.91 Å². The van der Waals surface area contributed by atoms with E-state index in [0.717, 1.165) is 25.1 Å². The molecule has 0 fully saturated rings. The molecular weight excluding hydrogens is 264 g/mol. The van der Waals surface area contributed by atoms with E-state index in [1.54, 1.807) is 7.05 Å². The number of hydrogen-bond acceptors (Lipinski definition) is 3. The number of aryl methyl sites for hydroxylation is 1. The number of fused-ring (bicyclic) bond motifs is 1. The molecule has 2 rings (SSSR count). The molecule has 0 bridgehead atoms. The van der Waals surface area contributed by atoms with Crippen LogP contribution in [0.1, 0.15) is 49.8 Å². The molecule has 0 spiro atoms. The molecule has 0 heterocycles. The first kappa shape index (κ1) is 15.8. The van der Waals surface area contributed by atoms with Crippen LogP contribution >= 0.6 is 0 Å². The fourth-order valence-corrected chi connectivity index (χ4v) is 2.80. The number of rotatable bonds is 7. The Morgan fingerprint density at radius 3 is 3.05 bits per heavy atom. The SMILES string of the molecule is CCCNC1CCCc2cc(OCCC(=O)NC)ccc21. The van der Waals surface area contributed by atoms with Gasteiger partial charge in [-0.05, 0) is 55.5 Å². The van der Waals surface area contributed by atoms with E-state index in [-0.39, 0.29) is 5.91 Å². The predicted molar refractivity (Wildman–Crippen MR) is 84.6 cm³/mol. The van der Waals surface area contributed by atoms with Gasteiger partial charge in [0.15, 0.2) is 0 Å². The summed E-state index contributed by atoms with van der Waals surface area (Å²) in [6.07, 6.45) is 5.10. The van der Waals surface area contributed by atoms with Gasteiger partial charge in [0.05, 0.1) is 13.0 Å². The standard InChI is InChI=1S/C17H26N2O2/c1-3-10-19-16-6-4-5-13-12-14(7-8-15(13)16)21-11-9-17(20)18-2/h7-8,12,16,19H,3-6,9-11H2,1-2H3,(H,18,20). The van der Waals surface area contributed by atoms with Crippen LogP contribution in [0.4, 0.5) is 0 Å². The monoisotopic (exact) mass is 290 g/mol. The van der Waals surface area contributed by atoms with E-state index in [9.17, 15) is 4.79 Å². The van der Waals surface area contributed by atoms with Crippen LogP contribution in [0, 0.1) is 0 Å². The summed E-state index contributed by atoms with van der Waals surface area (Å²) in [5.74, 6) is 0.880. The highest BCUT2D eigenvalue weighted by Crippen LogP contribution is 2.32. The smallest absolute Gasteiger partial charge is 0.223 e. The number of amides is 1. The highest BCUT2D eigenvalue weighted by molar-refractivity contribution is 5.75. The Morgan fingerprint density at radius 2 is 2.29 bits per heavy atom. The molecule has 0 radical (unpaired) electrons. The number of benzene rings is 1. The molecule has 1 aliphatic carbocycles. The van der Waals surface area contributed by atoms with Crippen LogP contribution < -0.4 is 15.4 Å². The molecule has 0 aliphatic heterocycles. The topological polar surface area (TPSA) is 50.4 Å². The third-order valence-corrected chi connectivity index (χ3v) is 3.95. The Balaban J connectivity index is 1.96. The number of ether oxygens (including phenoxy) is 1. The summed E-state index contributed by atoms with van der Waals surface area (Å²) in [6, 6.07) is 6.82. The maximum atomic E-state index is 11.2. The number of nitrogens with one attached hydrogen (secondary N) is 2. The molecule has 21 heavy (non-hydrogen) atoms. The molecule has 0 aromatic heterocycles. The molecule has 0 saturated carbocycles. The summed E-state index contributed by atoms with van der Waals surface area (Å²) >= 11 is 0. The minimum absolute atomic E-state index is 0.0109. The Morgan fingerprint density at radius 1 is 1.43 bits per heavy atom. The molecule has 1 aromatic carbocycles. The van der Waals surface area contributed by atoms with Gasteiger partial charge in [-0.3, -0.25) is 4.79 Å². The van der Waals surface area contributed by atoms with Gasteiger partial charge in [-0.15, -0.1) is 0 Å². The molecule has 1 unspecified atom stereocenters. The number of carbonyl (C=O) groups is 1. The Labute approximate surface area is 127 Å². The highest BCUT2D eigenvalue weighted by Gasteiger charge is 2.19. The van der Waals surface area contributed by atoms with Crippen LogP contribution in [0.3, 0.4) is 0 Å². The first-order valence-corrected chi connectivity index (χ1v) is 7.94. The van der Waals surface area contributed by atoms with Gasteiger partial charge < -0.3 is 15.4 Å². The van der Waals surface area contributed by atoms with Crippen molar-refractivity contribution < 1.29 is 9.53 Å². The van der Waals surface area contributed by atoms with Crippen molar-refractivity contribution in [3.63, 3.8) is 0 Å². The van der Waals surface area contributed by atoms with E-state index in [4.69, 9.17) is 4.74 Å². The summed E-state index contributed by atoms with van der Waals surface area (Å²) in [5, 5.41) is 6.22. The summed E-state index contributed by atoms with van der Waals surface area (Å²) in [5.41, 5.74) is 2.79. The quantitative estimate of drug-likeness (QED) is 0.811. The van der Waals surface area contributed by atoms with Crippen molar-refractivity contribution in [3.05, 3.63) is 29.3 Å². The van der Waals surface area contributed by atoms with E-state index in [1.807, 2.05) is 6.07 Å². The molecule has 4 nitrogen and oxygen atoms in total. The minimum Gasteiger partial charge on any atom is -0.493 e. The lowest BCUT2D eigenvalue weighted by Crippen LogP contribution is -2.25. The van der Waals surface area contributed by atoms with Crippen LogP contribution in [0.5, 0.6) is 5.75 Å². The fourth-order valence-electron chi connectivity index (χ4n) is 2.80. The third-order valence-electron chi connectivity index (χ3n) is 3.95. The van der Waals surface area contributed by atoms with Gasteiger partial charge in [-0.1, -0.05) is 13.0 Å². The van der Waals surface area contributed by atoms with Crippen molar-refractivity contribution in [1.29, 1.82) is 0 Å². The summed E-state index contributed by atoms with van der Waals surface area (Å²) < 4.78 is 5.68. The van der Waals surface area contributed by atoms with Gasteiger partial charge in [0, 0.05) is 13.1 Å². The second kappa shape index (κ2) is 8.03. The van der Waals surface area contributed by atoms with Crippen molar-refractivity contribution in [2.24, 2.45) is 0 Å². The van der Waals surface area contributed by atoms with Crippen LogP contribution in [-0.4, -0.2) is 26.1 Å². The molecule has 1 aliphatic rings. The Bertz CT molecular complexity index is 474. The largest absolute Gasteiger partial charge is 0.493 e. The first-order valence-electron chi connectivity index (χ1n) is 7.94. The lowest BCUT2D eigenvalue weighted by atomic mass is 9.87. The first-order chi connectivity index (χ1) is 10.2. The third kappa shape index (κ3) is 4.46. The Kier molecular flexibility index (Phi) is 6.05. The van der Waals surface area contributed by atoms with Crippen LogP contribution in [0.2, 0.25) is 0 Å². The normalized spacial score (nSPS) is 17.1. The van der Waals surface area contributed by atoms with E-state index >= 15 is 0 Å². The molecule has 116 valence electrons. The zero-order valence-corrected chi connectivity index (χ0v) is 13.1. The predicted octanol–water partition coefficient (Wildman–Crippen LogP) is 2.58.